The van der Waals surface area contributed by atoms with E-state index in [0.29, 0.717) is 37.0 Å². The first-order valence-corrected chi connectivity index (χ1v) is 12.5. The summed E-state index contributed by atoms with van der Waals surface area (Å²) in [5.41, 5.74) is 0. The summed E-state index contributed by atoms with van der Waals surface area (Å²) in [7, 11) is -5.86. The van der Waals surface area contributed by atoms with E-state index in [2.05, 4.69) is 4.98 Å². The lowest BCUT2D eigenvalue weighted by atomic mass is 10.3. The van der Waals surface area contributed by atoms with Gasteiger partial charge in [0.1, 0.15) is 19.0 Å². The van der Waals surface area contributed by atoms with Gasteiger partial charge in [0, 0.05) is 45.5 Å². The fourth-order valence-electron chi connectivity index (χ4n) is 3.47. The topological polar surface area (TPSA) is 111 Å². The lowest BCUT2D eigenvalue weighted by Gasteiger charge is -2.23. The normalized spacial score (nSPS) is 18.9. The number of fused-ring (bicyclic) bond motifs is 1. The van der Waals surface area contributed by atoms with Gasteiger partial charge in [0.05, 0.1) is 4.90 Å². The van der Waals surface area contributed by atoms with Crippen LogP contribution >= 0.6 is 0 Å². The van der Waals surface area contributed by atoms with Crippen LogP contribution in [0.5, 0.6) is 11.5 Å². The molecule has 164 valence electrons. The first-order chi connectivity index (χ1) is 14.2. The fourth-order valence-corrected chi connectivity index (χ4v) is 6.45. The fraction of sp³-hybridized carbons (Fsp3) is 0.500. The lowest BCUT2D eigenvalue weighted by Crippen LogP contribution is -2.37. The SMILES string of the molecule is Cc1nc(S(=O)(=O)N2CCCN(S(=O)(=O)c3ccc4c(c3)OCCO4)CC2)cn1C. The molecule has 0 spiro atoms. The molecule has 30 heavy (non-hydrogen) atoms. The second kappa shape index (κ2) is 7.84. The van der Waals surface area contributed by atoms with Crippen molar-refractivity contribution < 1.29 is 26.3 Å². The highest BCUT2D eigenvalue weighted by Gasteiger charge is 2.33. The minimum Gasteiger partial charge on any atom is -0.486 e. The summed E-state index contributed by atoms with van der Waals surface area (Å²) in [5.74, 6) is 1.50. The second-order valence-corrected chi connectivity index (χ2v) is 11.0. The van der Waals surface area contributed by atoms with E-state index in [0.717, 1.165) is 0 Å². The summed E-state index contributed by atoms with van der Waals surface area (Å²) in [6.07, 6.45) is 1.86. The van der Waals surface area contributed by atoms with E-state index >= 15 is 0 Å². The quantitative estimate of drug-likeness (QED) is 0.662. The number of sulfonamides is 2. The number of nitrogens with zero attached hydrogens (tertiary/aromatic N) is 4. The zero-order valence-electron chi connectivity index (χ0n) is 16.8. The predicted molar refractivity (Wildman–Crippen MR) is 108 cm³/mol. The third kappa shape index (κ3) is 3.80. The van der Waals surface area contributed by atoms with Crippen molar-refractivity contribution in [3.05, 3.63) is 30.2 Å². The Kier molecular flexibility index (Phi) is 5.51. The Morgan fingerprint density at radius 1 is 0.900 bits per heavy atom. The van der Waals surface area contributed by atoms with Crippen molar-refractivity contribution in [3.63, 3.8) is 0 Å². The minimum absolute atomic E-state index is 0.0226. The molecule has 12 heteroatoms. The molecular weight excluding hydrogens is 432 g/mol. The maximum Gasteiger partial charge on any atom is 0.262 e. The summed E-state index contributed by atoms with van der Waals surface area (Å²) in [4.78, 5) is 4.22. The monoisotopic (exact) mass is 456 g/mol. The Labute approximate surface area is 176 Å². The van der Waals surface area contributed by atoms with E-state index in [4.69, 9.17) is 9.47 Å². The van der Waals surface area contributed by atoms with Crippen molar-refractivity contribution >= 4 is 20.0 Å². The van der Waals surface area contributed by atoms with Crippen molar-refractivity contribution in [1.29, 1.82) is 0 Å². The van der Waals surface area contributed by atoms with Crippen LogP contribution in [-0.2, 0) is 27.1 Å². The van der Waals surface area contributed by atoms with Crippen LogP contribution in [0.15, 0.2) is 34.3 Å². The minimum atomic E-state index is -3.80. The van der Waals surface area contributed by atoms with Crippen LogP contribution in [0.25, 0.3) is 0 Å². The maximum atomic E-state index is 13.1. The van der Waals surface area contributed by atoms with Gasteiger partial charge in [-0.05, 0) is 25.5 Å². The van der Waals surface area contributed by atoms with E-state index in [-0.39, 0.29) is 36.1 Å². The third-order valence-corrected chi connectivity index (χ3v) is 8.92. The van der Waals surface area contributed by atoms with Crippen LogP contribution in [-0.4, -0.2) is 74.4 Å². The van der Waals surface area contributed by atoms with Gasteiger partial charge in [0.25, 0.3) is 10.0 Å². The first kappa shape index (κ1) is 21.1. The third-order valence-electron chi connectivity index (χ3n) is 5.26. The molecule has 0 N–H and O–H groups in total. The van der Waals surface area contributed by atoms with Gasteiger partial charge in [-0.2, -0.15) is 8.61 Å². The highest BCUT2D eigenvalue weighted by Crippen LogP contribution is 2.33. The molecule has 1 aromatic carbocycles. The van der Waals surface area contributed by atoms with Crippen molar-refractivity contribution in [2.75, 3.05) is 39.4 Å². The Bertz CT molecular complexity index is 1140. The summed E-state index contributed by atoms with van der Waals surface area (Å²) >= 11 is 0. The van der Waals surface area contributed by atoms with Crippen molar-refractivity contribution in [3.8, 4) is 11.5 Å². The van der Waals surface area contributed by atoms with Gasteiger partial charge in [0.2, 0.25) is 10.0 Å². The smallest absolute Gasteiger partial charge is 0.262 e. The number of hydrogen-bond acceptors (Lipinski definition) is 7. The Balaban J connectivity index is 1.54. The molecule has 3 heterocycles. The predicted octanol–water partition coefficient (Wildman–Crippen LogP) is 0.585. The molecule has 1 saturated heterocycles. The molecule has 0 unspecified atom stereocenters. The summed E-state index contributed by atoms with van der Waals surface area (Å²) in [6, 6.07) is 4.53. The molecular formula is C18H24N4O6S2. The number of benzene rings is 1. The molecule has 4 rings (SSSR count). The van der Waals surface area contributed by atoms with Gasteiger partial charge in [-0.15, -0.1) is 0 Å². The lowest BCUT2D eigenvalue weighted by molar-refractivity contribution is 0.171. The summed E-state index contributed by atoms with van der Waals surface area (Å²) in [6.45, 7) is 3.08. The molecule has 10 nitrogen and oxygen atoms in total. The molecule has 0 amide bonds. The second-order valence-electron chi connectivity index (χ2n) is 7.20. The number of aromatic nitrogens is 2. The van der Waals surface area contributed by atoms with E-state index in [1.54, 1.807) is 24.6 Å². The standard InChI is InChI=1S/C18H24N4O6S2/c1-14-19-18(13-20(14)2)30(25,26)22-7-3-6-21(8-9-22)29(23,24)15-4-5-16-17(12-15)28-11-10-27-16/h4-5,12-13H,3,6-11H2,1-2H3. The molecule has 0 bridgehead atoms. The van der Waals surface area contributed by atoms with E-state index in [1.165, 1.54) is 26.9 Å². The number of aryl methyl sites for hydroxylation is 2. The molecule has 1 fully saturated rings. The van der Waals surface area contributed by atoms with Gasteiger partial charge >= 0.3 is 0 Å². The van der Waals surface area contributed by atoms with Crippen LogP contribution in [0.2, 0.25) is 0 Å². The van der Waals surface area contributed by atoms with Crippen LogP contribution < -0.4 is 9.47 Å². The Hall–Kier alpha value is -2.15. The molecule has 0 aliphatic carbocycles. The number of imidazole rings is 1. The van der Waals surface area contributed by atoms with Gasteiger partial charge in [0.15, 0.2) is 16.5 Å². The van der Waals surface area contributed by atoms with E-state index in [9.17, 15) is 16.8 Å². The van der Waals surface area contributed by atoms with Crippen LogP contribution in [0, 0.1) is 6.92 Å². The van der Waals surface area contributed by atoms with Crippen LogP contribution in [0.4, 0.5) is 0 Å². The average Bonchev–Trinajstić information content (AvgIpc) is 2.93. The maximum absolute atomic E-state index is 13.1. The van der Waals surface area contributed by atoms with Crippen molar-refractivity contribution in [1.82, 2.24) is 18.2 Å². The zero-order chi connectivity index (χ0) is 21.5. The number of ether oxygens (including phenoxy) is 2. The highest BCUT2D eigenvalue weighted by molar-refractivity contribution is 7.89. The van der Waals surface area contributed by atoms with Gasteiger partial charge < -0.3 is 14.0 Å². The number of hydrogen-bond donors (Lipinski definition) is 0. The molecule has 2 aliphatic heterocycles. The van der Waals surface area contributed by atoms with E-state index < -0.39 is 20.0 Å². The van der Waals surface area contributed by atoms with Crippen LogP contribution in [0.1, 0.15) is 12.2 Å². The Morgan fingerprint density at radius 3 is 2.17 bits per heavy atom. The van der Waals surface area contributed by atoms with Crippen LogP contribution in [0.3, 0.4) is 0 Å². The van der Waals surface area contributed by atoms with Crippen molar-refractivity contribution in [2.45, 2.75) is 23.3 Å². The summed E-state index contributed by atoms with van der Waals surface area (Å²) in [5, 5.41) is -0.0226. The largest absolute Gasteiger partial charge is 0.486 e. The Morgan fingerprint density at radius 2 is 1.53 bits per heavy atom. The molecule has 1 aromatic heterocycles. The molecule has 2 aromatic rings. The molecule has 0 saturated carbocycles. The number of rotatable bonds is 4. The van der Waals surface area contributed by atoms with E-state index in [1.807, 2.05) is 0 Å². The molecule has 0 radical (unpaired) electrons. The zero-order valence-corrected chi connectivity index (χ0v) is 18.4. The average molecular weight is 457 g/mol. The summed E-state index contributed by atoms with van der Waals surface area (Å²) < 4.78 is 67.4. The van der Waals surface area contributed by atoms with Gasteiger partial charge in [-0.1, -0.05) is 0 Å². The molecule has 2 aliphatic rings. The van der Waals surface area contributed by atoms with Crippen molar-refractivity contribution in [2.24, 2.45) is 7.05 Å². The van der Waals surface area contributed by atoms with Gasteiger partial charge in [-0.3, -0.25) is 0 Å². The first-order valence-electron chi connectivity index (χ1n) is 9.59. The molecule has 0 atom stereocenters. The van der Waals surface area contributed by atoms with Gasteiger partial charge in [-0.25, -0.2) is 21.8 Å². The highest BCUT2D eigenvalue weighted by atomic mass is 32.2.